The fourth-order valence-corrected chi connectivity index (χ4v) is 1.76. The van der Waals surface area contributed by atoms with Gasteiger partial charge in [0.05, 0.1) is 11.4 Å². The minimum absolute atomic E-state index is 0.148. The summed E-state index contributed by atoms with van der Waals surface area (Å²) in [5.41, 5.74) is 1.60. The zero-order chi connectivity index (χ0) is 14.2. The van der Waals surface area contributed by atoms with Crippen LogP contribution in [-0.2, 0) is 0 Å². The third kappa shape index (κ3) is 4.57. The number of nitrogens with one attached hydrogen (secondary N) is 1. The minimum atomic E-state index is -0.595. The van der Waals surface area contributed by atoms with E-state index in [9.17, 15) is 5.11 Å². The molecule has 2 atom stereocenters. The van der Waals surface area contributed by atoms with E-state index >= 15 is 0 Å². The van der Waals surface area contributed by atoms with Crippen molar-refractivity contribution in [1.82, 2.24) is 15.3 Å². The summed E-state index contributed by atoms with van der Waals surface area (Å²) in [6, 6.07) is 11.5. The molecule has 0 spiro atoms. The van der Waals surface area contributed by atoms with E-state index in [2.05, 4.69) is 15.3 Å². The van der Waals surface area contributed by atoms with Crippen molar-refractivity contribution < 1.29 is 5.11 Å². The Bertz CT molecular complexity index is 528. The Hall–Kier alpha value is -2.04. The first kappa shape index (κ1) is 14.4. The average Bonchev–Trinajstić information content (AvgIpc) is 2.52. The van der Waals surface area contributed by atoms with E-state index in [1.54, 1.807) is 12.4 Å². The molecule has 2 aromatic heterocycles. The Kier molecular flexibility index (Phi) is 5.41. The van der Waals surface area contributed by atoms with Gasteiger partial charge in [0.15, 0.2) is 0 Å². The normalized spacial score (nSPS) is 14.3. The minimum Gasteiger partial charge on any atom is -0.385 e. The Labute approximate surface area is 119 Å². The smallest absolute Gasteiger partial charge is 0.108 e. The van der Waals surface area contributed by atoms with Crippen LogP contribution in [0.2, 0.25) is 0 Å². The molecule has 2 aromatic rings. The molecule has 0 bridgehead atoms. The summed E-state index contributed by atoms with van der Waals surface area (Å²) in [5.74, 6) is 0. The highest BCUT2D eigenvalue weighted by molar-refractivity contribution is 5.44. The molecular formula is C16H19N3O. The summed E-state index contributed by atoms with van der Waals surface area (Å²) in [4.78, 5) is 8.35. The molecule has 20 heavy (non-hydrogen) atoms. The second-order valence-electron chi connectivity index (χ2n) is 4.58. The van der Waals surface area contributed by atoms with Gasteiger partial charge in [-0.15, -0.1) is 0 Å². The molecule has 104 valence electrons. The van der Waals surface area contributed by atoms with Gasteiger partial charge >= 0.3 is 0 Å². The van der Waals surface area contributed by atoms with Gasteiger partial charge in [0.25, 0.3) is 0 Å². The first-order valence-corrected chi connectivity index (χ1v) is 6.67. The molecule has 0 saturated heterocycles. The molecule has 0 fully saturated rings. The van der Waals surface area contributed by atoms with Gasteiger partial charge < -0.3 is 10.4 Å². The number of aromatic nitrogens is 2. The first-order chi connectivity index (χ1) is 9.75. The van der Waals surface area contributed by atoms with Crippen LogP contribution >= 0.6 is 0 Å². The Morgan fingerprint density at radius 2 is 1.90 bits per heavy atom. The van der Waals surface area contributed by atoms with Crippen molar-refractivity contribution in [2.75, 3.05) is 6.54 Å². The summed E-state index contributed by atoms with van der Waals surface area (Å²) in [6.07, 6.45) is 6.84. The molecule has 0 saturated carbocycles. The lowest BCUT2D eigenvalue weighted by molar-refractivity contribution is 0.168. The van der Waals surface area contributed by atoms with Gasteiger partial charge in [0.2, 0.25) is 0 Å². The maximum Gasteiger partial charge on any atom is 0.108 e. The molecule has 0 aliphatic heterocycles. The molecule has 0 aliphatic rings. The molecule has 2 unspecified atom stereocenters. The van der Waals surface area contributed by atoms with Crippen LogP contribution in [0.15, 0.2) is 54.9 Å². The van der Waals surface area contributed by atoms with Crippen LogP contribution in [0.3, 0.4) is 0 Å². The quantitative estimate of drug-likeness (QED) is 0.844. The SMILES string of the molecule is CC(/C=C/c1ccccn1)NCC(O)c1ccccn1. The molecule has 2 N–H and O–H groups in total. The van der Waals surface area contributed by atoms with Crippen molar-refractivity contribution >= 4 is 6.08 Å². The largest absolute Gasteiger partial charge is 0.385 e. The molecule has 0 aromatic carbocycles. The topological polar surface area (TPSA) is 58.0 Å². The maximum atomic E-state index is 9.99. The van der Waals surface area contributed by atoms with Crippen LogP contribution in [0, 0.1) is 0 Å². The van der Waals surface area contributed by atoms with E-state index in [1.165, 1.54) is 0 Å². The Morgan fingerprint density at radius 1 is 1.15 bits per heavy atom. The van der Waals surface area contributed by atoms with Gasteiger partial charge in [0, 0.05) is 25.0 Å². The van der Waals surface area contributed by atoms with Crippen LogP contribution < -0.4 is 5.32 Å². The summed E-state index contributed by atoms with van der Waals surface area (Å²) in [5, 5.41) is 13.2. The number of hydrogen-bond acceptors (Lipinski definition) is 4. The van der Waals surface area contributed by atoms with Gasteiger partial charge in [-0.05, 0) is 37.3 Å². The van der Waals surface area contributed by atoms with Crippen LogP contribution in [0.1, 0.15) is 24.4 Å². The highest BCUT2D eigenvalue weighted by Gasteiger charge is 2.08. The second-order valence-corrected chi connectivity index (χ2v) is 4.58. The number of rotatable bonds is 6. The summed E-state index contributed by atoms with van der Waals surface area (Å²) in [7, 11) is 0. The zero-order valence-corrected chi connectivity index (χ0v) is 11.5. The van der Waals surface area contributed by atoms with Crippen molar-refractivity contribution in [3.63, 3.8) is 0 Å². The van der Waals surface area contributed by atoms with Crippen molar-refractivity contribution in [2.24, 2.45) is 0 Å². The average molecular weight is 269 g/mol. The van der Waals surface area contributed by atoms with Crippen LogP contribution in [0.25, 0.3) is 6.08 Å². The Balaban J connectivity index is 1.81. The highest BCUT2D eigenvalue weighted by atomic mass is 16.3. The zero-order valence-electron chi connectivity index (χ0n) is 11.5. The number of nitrogens with zero attached hydrogens (tertiary/aromatic N) is 2. The van der Waals surface area contributed by atoms with E-state index in [0.29, 0.717) is 12.2 Å². The van der Waals surface area contributed by atoms with Crippen LogP contribution in [0.5, 0.6) is 0 Å². The molecule has 2 heterocycles. The van der Waals surface area contributed by atoms with E-state index < -0.39 is 6.10 Å². The standard InChI is InChI=1S/C16H19N3O/c1-13(8-9-14-6-2-4-10-17-14)19-12-16(20)15-7-3-5-11-18-15/h2-11,13,16,19-20H,12H2,1H3/b9-8+. The summed E-state index contributed by atoms with van der Waals surface area (Å²) < 4.78 is 0. The number of hydrogen-bond donors (Lipinski definition) is 2. The molecular weight excluding hydrogens is 250 g/mol. The lowest BCUT2D eigenvalue weighted by Gasteiger charge is -2.14. The fourth-order valence-electron chi connectivity index (χ4n) is 1.76. The lowest BCUT2D eigenvalue weighted by atomic mass is 10.2. The summed E-state index contributed by atoms with van der Waals surface area (Å²) >= 11 is 0. The van der Waals surface area contributed by atoms with Gasteiger partial charge in [-0.25, -0.2) is 0 Å². The number of aliphatic hydroxyl groups excluding tert-OH is 1. The summed E-state index contributed by atoms with van der Waals surface area (Å²) in [6.45, 7) is 2.50. The maximum absolute atomic E-state index is 9.99. The van der Waals surface area contributed by atoms with Crippen molar-refractivity contribution in [3.05, 3.63) is 66.3 Å². The van der Waals surface area contributed by atoms with Gasteiger partial charge in [-0.1, -0.05) is 18.2 Å². The second kappa shape index (κ2) is 7.53. The molecule has 0 radical (unpaired) electrons. The van der Waals surface area contributed by atoms with Crippen LogP contribution in [0.4, 0.5) is 0 Å². The Morgan fingerprint density at radius 3 is 2.55 bits per heavy atom. The fraction of sp³-hybridized carbons (Fsp3) is 0.250. The predicted octanol–water partition coefficient (Wildman–Crippen LogP) is 2.20. The van der Waals surface area contributed by atoms with Crippen molar-refractivity contribution in [3.8, 4) is 0 Å². The van der Waals surface area contributed by atoms with E-state index in [1.807, 2.05) is 55.5 Å². The number of pyridine rings is 2. The monoisotopic (exact) mass is 269 g/mol. The number of aliphatic hydroxyl groups is 1. The van der Waals surface area contributed by atoms with Gasteiger partial charge in [0.1, 0.15) is 6.10 Å². The van der Waals surface area contributed by atoms with E-state index in [0.717, 1.165) is 5.69 Å². The molecule has 4 nitrogen and oxygen atoms in total. The lowest BCUT2D eigenvalue weighted by Crippen LogP contribution is -2.29. The van der Waals surface area contributed by atoms with Crippen molar-refractivity contribution in [1.29, 1.82) is 0 Å². The third-order valence-electron chi connectivity index (χ3n) is 2.91. The third-order valence-corrected chi connectivity index (χ3v) is 2.91. The molecule has 4 heteroatoms. The molecule has 0 amide bonds. The molecule has 0 aliphatic carbocycles. The predicted molar refractivity (Wildman–Crippen MR) is 79.9 cm³/mol. The van der Waals surface area contributed by atoms with Crippen LogP contribution in [-0.4, -0.2) is 27.7 Å². The van der Waals surface area contributed by atoms with Gasteiger partial charge in [-0.2, -0.15) is 0 Å². The van der Waals surface area contributed by atoms with E-state index in [4.69, 9.17) is 0 Å². The van der Waals surface area contributed by atoms with E-state index in [-0.39, 0.29) is 6.04 Å². The van der Waals surface area contributed by atoms with Gasteiger partial charge in [-0.3, -0.25) is 9.97 Å². The van der Waals surface area contributed by atoms with Crippen molar-refractivity contribution in [2.45, 2.75) is 19.1 Å². The first-order valence-electron chi connectivity index (χ1n) is 6.67. The highest BCUT2D eigenvalue weighted by Crippen LogP contribution is 2.07. The molecule has 2 rings (SSSR count).